The van der Waals surface area contributed by atoms with Crippen molar-refractivity contribution in [1.29, 1.82) is 0 Å². The molecule has 0 spiro atoms. The van der Waals surface area contributed by atoms with Gasteiger partial charge >= 0.3 is 0 Å². The van der Waals surface area contributed by atoms with Crippen LogP contribution in [0.3, 0.4) is 0 Å². The molecule has 3 nitrogen and oxygen atoms in total. The number of halogens is 1. The van der Waals surface area contributed by atoms with Gasteiger partial charge in [0, 0.05) is 26.6 Å². The van der Waals surface area contributed by atoms with E-state index in [9.17, 15) is 4.79 Å². The lowest BCUT2D eigenvalue weighted by Crippen LogP contribution is -2.39. The first-order valence-corrected chi connectivity index (χ1v) is 6.66. The third-order valence-electron chi connectivity index (χ3n) is 2.83. The standard InChI is InChI=1S/C10H19IN2O/c1-9(14)13-5-3-10(4-6-13)7-12(2)8-11/h10H,3-8H2,1-2H3. The van der Waals surface area contributed by atoms with Gasteiger partial charge in [-0.3, -0.25) is 9.69 Å². The third kappa shape index (κ3) is 3.73. The molecule has 1 aliphatic heterocycles. The van der Waals surface area contributed by atoms with E-state index in [0.29, 0.717) is 0 Å². The van der Waals surface area contributed by atoms with Crippen LogP contribution in [0.1, 0.15) is 19.8 Å². The summed E-state index contributed by atoms with van der Waals surface area (Å²) >= 11 is 2.39. The molecule has 0 radical (unpaired) electrons. The minimum Gasteiger partial charge on any atom is -0.343 e. The third-order valence-corrected chi connectivity index (χ3v) is 4.00. The first-order chi connectivity index (χ1) is 6.63. The van der Waals surface area contributed by atoms with Crippen molar-refractivity contribution in [2.75, 3.05) is 31.2 Å². The first kappa shape index (κ1) is 12.2. The summed E-state index contributed by atoms with van der Waals surface area (Å²) in [5.74, 6) is 1.01. The largest absolute Gasteiger partial charge is 0.343 e. The molecular weight excluding hydrogens is 291 g/mol. The van der Waals surface area contributed by atoms with Crippen molar-refractivity contribution in [1.82, 2.24) is 9.80 Å². The van der Waals surface area contributed by atoms with Gasteiger partial charge in [-0.05, 0) is 25.8 Å². The summed E-state index contributed by atoms with van der Waals surface area (Å²) in [7, 11) is 2.16. The van der Waals surface area contributed by atoms with E-state index in [-0.39, 0.29) is 5.91 Å². The number of amides is 1. The van der Waals surface area contributed by atoms with Crippen molar-refractivity contribution >= 4 is 28.5 Å². The van der Waals surface area contributed by atoms with Gasteiger partial charge in [0.05, 0.1) is 4.55 Å². The maximum atomic E-state index is 11.1. The Morgan fingerprint density at radius 1 is 1.50 bits per heavy atom. The molecule has 1 amide bonds. The highest BCUT2D eigenvalue weighted by molar-refractivity contribution is 14.1. The van der Waals surface area contributed by atoms with Gasteiger partial charge in [0.15, 0.2) is 0 Å². The summed E-state index contributed by atoms with van der Waals surface area (Å²) in [5.41, 5.74) is 0. The van der Waals surface area contributed by atoms with Crippen LogP contribution in [-0.4, -0.2) is 46.9 Å². The smallest absolute Gasteiger partial charge is 0.219 e. The SMILES string of the molecule is CC(=O)N1CCC(CN(C)CI)CC1. The molecule has 1 rings (SSSR count). The summed E-state index contributed by atoms with van der Waals surface area (Å²) in [4.78, 5) is 15.4. The zero-order valence-corrected chi connectivity index (χ0v) is 11.2. The second-order valence-electron chi connectivity index (χ2n) is 4.11. The van der Waals surface area contributed by atoms with Gasteiger partial charge in [-0.2, -0.15) is 0 Å². The highest BCUT2D eigenvalue weighted by Gasteiger charge is 2.21. The average molecular weight is 310 g/mol. The van der Waals surface area contributed by atoms with Crippen LogP contribution in [0.2, 0.25) is 0 Å². The normalized spacial score (nSPS) is 19.0. The van der Waals surface area contributed by atoms with Crippen molar-refractivity contribution < 1.29 is 4.79 Å². The van der Waals surface area contributed by atoms with Gasteiger partial charge in [-0.1, -0.05) is 22.6 Å². The molecule has 1 saturated heterocycles. The second kappa shape index (κ2) is 5.90. The summed E-state index contributed by atoms with van der Waals surface area (Å²) in [6.07, 6.45) is 2.33. The molecular formula is C10H19IN2O. The molecule has 1 fully saturated rings. The molecule has 1 heterocycles. The predicted molar refractivity (Wildman–Crippen MR) is 66.5 cm³/mol. The Kier molecular flexibility index (Phi) is 5.15. The fraction of sp³-hybridized carbons (Fsp3) is 0.900. The second-order valence-corrected chi connectivity index (χ2v) is 4.79. The van der Waals surface area contributed by atoms with E-state index in [4.69, 9.17) is 0 Å². The van der Waals surface area contributed by atoms with Crippen molar-refractivity contribution in [2.24, 2.45) is 5.92 Å². The van der Waals surface area contributed by atoms with Crippen molar-refractivity contribution in [3.63, 3.8) is 0 Å². The molecule has 0 aliphatic carbocycles. The van der Waals surface area contributed by atoms with Crippen molar-refractivity contribution in [2.45, 2.75) is 19.8 Å². The number of piperidine rings is 1. The van der Waals surface area contributed by atoms with Crippen LogP contribution >= 0.6 is 22.6 Å². The minimum atomic E-state index is 0.227. The van der Waals surface area contributed by atoms with Crippen LogP contribution in [0, 0.1) is 5.92 Å². The number of carbonyl (C=O) groups is 1. The van der Waals surface area contributed by atoms with Gasteiger partial charge in [0.25, 0.3) is 0 Å². The number of alkyl halides is 1. The number of nitrogens with zero attached hydrogens (tertiary/aromatic N) is 2. The van der Waals surface area contributed by atoms with Gasteiger partial charge in [0.1, 0.15) is 0 Å². The summed E-state index contributed by atoms with van der Waals surface area (Å²) in [5, 5.41) is 0. The van der Waals surface area contributed by atoms with E-state index in [2.05, 4.69) is 34.5 Å². The molecule has 82 valence electrons. The molecule has 0 unspecified atom stereocenters. The lowest BCUT2D eigenvalue weighted by Gasteiger charge is -2.32. The van der Waals surface area contributed by atoms with Crippen LogP contribution in [0.25, 0.3) is 0 Å². The average Bonchev–Trinajstić information content (AvgIpc) is 2.18. The first-order valence-electron chi connectivity index (χ1n) is 5.13. The molecule has 1 aliphatic rings. The van der Waals surface area contributed by atoms with E-state index >= 15 is 0 Å². The Morgan fingerprint density at radius 3 is 2.50 bits per heavy atom. The fourth-order valence-corrected chi connectivity index (χ4v) is 2.20. The van der Waals surface area contributed by atoms with Crippen molar-refractivity contribution in [3.05, 3.63) is 0 Å². The minimum absolute atomic E-state index is 0.227. The molecule has 14 heavy (non-hydrogen) atoms. The van der Waals surface area contributed by atoms with Gasteiger partial charge in [0.2, 0.25) is 5.91 Å². The summed E-state index contributed by atoms with van der Waals surface area (Å²) in [6, 6.07) is 0. The molecule has 0 N–H and O–H groups in total. The molecule has 0 aromatic heterocycles. The van der Waals surface area contributed by atoms with Gasteiger partial charge in [-0.25, -0.2) is 0 Å². The van der Waals surface area contributed by atoms with E-state index < -0.39 is 0 Å². The number of rotatable bonds is 3. The number of carbonyl (C=O) groups excluding carboxylic acids is 1. The predicted octanol–water partition coefficient (Wildman–Crippen LogP) is 1.57. The van der Waals surface area contributed by atoms with Crippen LogP contribution in [0.5, 0.6) is 0 Å². The topological polar surface area (TPSA) is 23.6 Å². The molecule has 0 saturated carbocycles. The van der Waals surface area contributed by atoms with Crippen molar-refractivity contribution in [3.8, 4) is 0 Å². The molecule has 0 atom stereocenters. The fourth-order valence-electron chi connectivity index (χ4n) is 1.92. The molecule has 0 aromatic carbocycles. The molecule has 4 heteroatoms. The Hall–Kier alpha value is 0.160. The van der Waals surface area contributed by atoms with Crippen LogP contribution < -0.4 is 0 Å². The Morgan fingerprint density at radius 2 is 2.07 bits per heavy atom. The Labute approximate surface area is 100.0 Å². The number of likely N-dealkylation sites (tertiary alicyclic amines) is 1. The van der Waals surface area contributed by atoms with Gasteiger partial charge < -0.3 is 4.90 Å². The molecule has 0 aromatic rings. The Bertz CT molecular complexity index is 191. The molecule has 0 bridgehead atoms. The highest BCUT2D eigenvalue weighted by atomic mass is 127. The number of hydrogen-bond acceptors (Lipinski definition) is 2. The maximum absolute atomic E-state index is 11.1. The maximum Gasteiger partial charge on any atom is 0.219 e. The van der Waals surface area contributed by atoms with Crippen LogP contribution in [-0.2, 0) is 4.79 Å². The van der Waals surface area contributed by atoms with E-state index in [0.717, 1.165) is 23.6 Å². The summed E-state index contributed by atoms with van der Waals surface area (Å²) in [6.45, 7) is 4.75. The zero-order chi connectivity index (χ0) is 10.6. The number of hydrogen-bond donors (Lipinski definition) is 0. The quantitative estimate of drug-likeness (QED) is 0.449. The van der Waals surface area contributed by atoms with Gasteiger partial charge in [-0.15, -0.1) is 0 Å². The summed E-state index contributed by atoms with van der Waals surface area (Å²) < 4.78 is 1.09. The lowest BCUT2D eigenvalue weighted by molar-refractivity contribution is -0.130. The van der Waals surface area contributed by atoms with E-state index in [1.807, 2.05) is 4.90 Å². The van der Waals surface area contributed by atoms with Crippen LogP contribution in [0.15, 0.2) is 0 Å². The Balaban J connectivity index is 2.25. The van der Waals surface area contributed by atoms with E-state index in [1.54, 1.807) is 6.92 Å². The monoisotopic (exact) mass is 310 g/mol. The van der Waals surface area contributed by atoms with Crippen LogP contribution in [0.4, 0.5) is 0 Å². The zero-order valence-electron chi connectivity index (χ0n) is 9.00. The highest BCUT2D eigenvalue weighted by Crippen LogP contribution is 2.18. The van der Waals surface area contributed by atoms with E-state index in [1.165, 1.54) is 19.4 Å². The lowest BCUT2D eigenvalue weighted by atomic mass is 9.96.